The molecular weight excluding hydrogens is 176 g/mol. The van der Waals surface area contributed by atoms with Crippen LogP contribution in [0.1, 0.15) is 32.6 Å². The van der Waals surface area contributed by atoms with Crippen molar-refractivity contribution < 1.29 is 4.79 Å². The smallest absolute Gasteiger partial charge is 0.239 e. The molecule has 14 heavy (non-hydrogen) atoms. The van der Waals surface area contributed by atoms with Crippen LogP contribution in [0.3, 0.4) is 0 Å². The molecule has 1 aliphatic carbocycles. The Balaban J connectivity index is 2.07. The highest BCUT2D eigenvalue weighted by Crippen LogP contribution is 2.30. The molecule has 0 aromatic carbocycles. The molecule has 0 aromatic heterocycles. The molecule has 1 heterocycles. The number of carbonyl (C=O) groups is 1. The fraction of sp³-hybridized carbons (Fsp3) is 0.909. The van der Waals surface area contributed by atoms with Crippen LogP contribution in [0.5, 0.6) is 0 Å². The summed E-state index contributed by atoms with van der Waals surface area (Å²) in [6.45, 7) is 3.22. The minimum atomic E-state index is 0.0700. The van der Waals surface area contributed by atoms with Gasteiger partial charge in [-0.25, -0.2) is 0 Å². The maximum atomic E-state index is 12.1. The lowest BCUT2D eigenvalue weighted by Gasteiger charge is -2.25. The summed E-state index contributed by atoms with van der Waals surface area (Å²) in [6.07, 6.45) is 4.60. The van der Waals surface area contributed by atoms with E-state index >= 15 is 0 Å². The van der Waals surface area contributed by atoms with Crippen LogP contribution in [-0.4, -0.2) is 36.5 Å². The molecular formula is C11H20N2O. The van der Waals surface area contributed by atoms with Gasteiger partial charge in [-0.1, -0.05) is 6.92 Å². The molecule has 1 N–H and O–H groups in total. The van der Waals surface area contributed by atoms with E-state index in [0.717, 1.165) is 13.0 Å². The van der Waals surface area contributed by atoms with Crippen LogP contribution in [0.2, 0.25) is 0 Å². The molecule has 0 aromatic rings. The van der Waals surface area contributed by atoms with E-state index in [4.69, 9.17) is 0 Å². The van der Waals surface area contributed by atoms with Gasteiger partial charge in [-0.3, -0.25) is 4.79 Å². The van der Waals surface area contributed by atoms with Crippen molar-refractivity contribution in [2.45, 2.75) is 44.7 Å². The van der Waals surface area contributed by atoms with Gasteiger partial charge in [0.25, 0.3) is 0 Å². The SMILES string of the molecule is CNC1CCC(C)CN(C2CC2)C1=O. The zero-order valence-electron chi connectivity index (χ0n) is 9.12. The van der Waals surface area contributed by atoms with E-state index in [1.807, 2.05) is 7.05 Å². The Kier molecular flexibility index (Phi) is 2.77. The molecule has 3 heteroatoms. The van der Waals surface area contributed by atoms with Crippen LogP contribution in [0, 0.1) is 5.92 Å². The van der Waals surface area contributed by atoms with Crippen LogP contribution in [-0.2, 0) is 4.79 Å². The lowest BCUT2D eigenvalue weighted by atomic mass is 10.0. The monoisotopic (exact) mass is 196 g/mol. The molecule has 0 bridgehead atoms. The summed E-state index contributed by atoms with van der Waals surface area (Å²) >= 11 is 0. The molecule has 1 saturated carbocycles. The summed E-state index contributed by atoms with van der Waals surface area (Å²) in [4.78, 5) is 14.2. The molecule has 2 aliphatic rings. The molecule has 0 spiro atoms. The predicted octanol–water partition coefficient (Wildman–Crippen LogP) is 0.995. The summed E-state index contributed by atoms with van der Waals surface area (Å²) in [5.41, 5.74) is 0. The fourth-order valence-corrected chi connectivity index (χ4v) is 2.27. The number of likely N-dealkylation sites (tertiary alicyclic amines) is 1. The first-order valence-electron chi connectivity index (χ1n) is 5.70. The van der Waals surface area contributed by atoms with Gasteiger partial charge in [-0.15, -0.1) is 0 Å². The fourth-order valence-electron chi connectivity index (χ4n) is 2.27. The van der Waals surface area contributed by atoms with E-state index < -0.39 is 0 Å². The molecule has 1 saturated heterocycles. The van der Waals surface area contributed by atoms with Gasteiger partial charge in [0, 0.05) is 12.6 Å². The maximum Gasteiger partial charge on any atom is 0.239 e. The van der Waals surface area contributed by atoms with Crippen molar-refractivity contribution in [3.05, 3.63) is 0 Å². The quantitative estimate of drug-likeness (QED) is 0.714. The number of amides is 1. The molecule has 2 unspecified atom stereocenters. The third-order valence-electron chi connectivity index (χ3n) is 3.37. The van der Waals surface area contributed by atoms with Gasteiger partial charge < -0.3 is 10.2 Å². The van der Waals surface area contributed by atoms with Gasteiger partial charge >= 0.3 is 0 Å². The first-order valence-corrected chi connectivity index (χ1v) is 5.70. The van der Waals surface area contributed by atoms with E-state index in [0.29, 0.717) is 17.9 Å². The van der Waals surface area contributed by atoms with E-state index in [2.05, 4.69) is 17.1 Å². The molecule has 2 fully saturated rings. The lowest BCUT2D eigenvalue weighted by Crippen LogP contribution is -2.45. The zero-order chi connectivity index (χ0) is 10.1. The van der Waals surface area contributed by atoms with Crippen molar-refractivity contribution in [2.75, 3.05) is 13.6 Å². The molecule has 1 amide bonds. The maximum absolute atomic E-state index is 12.1. The second-order valence-electron chi connectivity index (χ2n) is 4.75. The van der Waals surface area contributed by atoms with E-state index in [-0.39, 0.29) is 6.04 Å². The standard InChI is InChI=1S/C11H20N2O/c1-8-3-6-10(12-2)11(14)13(7-8)9-4-5-9/h8-10,12H,3-7H2,1-2H3. The van der Waals surface area contributed by atoms with E-state index in [9.17, 15) is 4.79 Å². The third-order valence-corrected chi connectivity index (χ3v) is 3.37. The number of hydrogen-bond donors (Lipinski definition) is 1. The van der Waals surface area contributed by atoms with Gasteiger partial charge in [0.2, 0.25) is 5.91 Å². The van der Waals surface area contributed by atoms with Crippen molar-refractivity contribution in [1.82, 2.24) is 10.2 Å². The second-order valence-corrected chi connectivity index (χ2v) is 4.75. The van der Waals surface area contributed by atoms with Crippen molar-refractivity contribution in [1.29, 1.82) is 0 Å². The molecule has 0 radical (unpaired) electrons. The highest BCUT2D eigenvalue weighted by atomic mass is 16.2. The Morgan fingerprint density at radius 3 is 2.57 bits per heavy atom. The summed E-state index contributed by atoms with van der Waals surface area (Å²) < 4.78 is 0. The molecule has 2 atom stereocenters. The molecule has 2 rings (SSSR count). The van der Waals surface area contributed by atoms with Crippen LogP contribution >= 0.6 is 0 Å². The number of hydrogen-bond acceptors (Lipinski definition) is 2. The Morgan fingerprint density at radius 1 is 1.29 bits per heavy atom. The lowest BCUT2D eigenvalue weighted by molar-refractivity contribution is -0.133. The number of rotatable bonds is 2. The Morgan fingerprint density at radius 2 is 2.00 bits per heavy atom. The minimum absolute atomic E-state index is 0.0700. The number of nitrogens with one attached hydrogen (secondary N) is 1. The predicted molar refractivity (Wildman–Crippen MR) is 56.0 cm³/mol. The average Bonchev–Trinajstić information content (AvgIpc) is 2.96. The van der Waals surface area contributed by atoms with Gasteiger partial charge in [0.15, 0.2) is 0 Å². The Labute approximate surface area is 85.8 Å². The van der Waals surface area contributed by atoms with Crippen molar-refractivity contribution in [2.24, 2.45) is 5.92 Å². The second kappa shape index (κ2) is 3.89. The molecule has 3 nitrogen and oxygen atoms in total. The normalized spacial score (nSPS) is 34.4. The summed E-state index contributed by atoms with van der Waals surface area (Å²) in [5, 5.41) is 3.14. The largest absolute Gasteiger partial charge is 0.338 e. The minimum Gasteiger partial charge on any atom is -0.338 e. The van der Waals surface area contributed by atoms with Gasteiger partial charge in [0.1, 0.15) is 0 Å². The topological polar surface area (TPSA) is 32.3 Å². The Bertz CT molecular complexity index is 225. The first-order chi connectivity index (χ1) is 6.72. The van der Waals surface area contributed by atoms with Crippen LogP contribution in [0.4, 0.5) is 0 Å². The molecule has 80 valence electrons. The number of nitrogens with zero attached hydrogens (tertiary/aromatic N) is 1. The van der Waals surface area contributed by atoms with Gasteiger partial charge in [-0.05, 0) is 38.6 Å². The highest BCUT2D eigenvalue weighted by Gasteiger charge is 2.37. The zero-order valence-corrected chi connectivity index (χ0v) is 9.12. The van der Waals surface area contributed by atoms with Crippen molar-refractivity contribution >= 4 is 5.91 Å². The summed E-state index contributed by atoms with van der Waals surface area (Å²) in [5.74, 6) is 0.997. The van der Waals surface area contributed by atoms with Crippen molar-refractivity contribution in [3.8, 4) is 0 Å². The third kappa shape index (κ3) is 1.92. The highest BCUT2D eigenvalue weighted by molar-refractivity contribution is 5.82. The summed E-state index contributed by atoms with van der Waals surface area (Å²) in [6, 6.07) is 0.638. The molecule has 1 aliphatic heterocycles. The van der Waals surface area contributed by atoms with Crippen LogP contribution in [0.25, 0.3) is 0 Å². The average molecular weight is 196 g/mol. The summed E-state index contributed by atoms with van der Waals surface area (Å²) in [7, 11) is 1.89. The van der Waals surface area contributed by atoms with Crippen LogP contribution < -0.4 is 5.32 Å². The van der Waals surface area contributed by atoms with E-state index in [1.165, 1.54) is 19.3 Å². The van der Waals surface area contributed by atoms with Crippen LogP contribution in [0.15, 0.2) is 0 Å². The van der Waals surface area contributed by atoms with Gasteiger partial charge in [0.05, 0.1) is 6.04 Å². The Hall–Kier alpha value is -0.570. The first kappa shape index (κ1) is 9.97. The van der Waals surface area contributed by atoms with E-state index in [1.54, 1.807) is 0 Å². The number of carbonyl (C=O) groups excluding carboxylic acids is 1. The number of likely N-dealkylation sites (N-methyl/N-ethyl adjacent to an activating group) is 1. The van der Waals surface area contributed by atoms with Gasteiger partial charge in [-0.2, -0.15) is 0 Å². The van der Waals surface area contributed by atoms with Crippen molar-refractivity contribution in [3.63, 3.8) is 0 Å².